The van der Waals surface area contributed by atoms with E-state index in [4.69, 9.17) is 25.1 Å². The lowest BCUT2D eigenvalue weighted by Gasteiger charge is -2.19. The summed E-state index contributed by atoms with van der Waals surface area (Å²) < 4.78 is 17.9. The van der Waals surface area contributed by atoms with Gasteiger partial charge in [0.1, 0.15) is 22.9 Å². The molecule has 0 aromatic heterocycles. The van der Waals surface area contributed by atoms with Crippen LogP contribution >= 0.6 is 0 Å². The lowest BCUT2D eigenvalue weighted by atomic mass is 10.2. The molecule has 3 rings (SSSR count). The van der Waals surface area contributed by atoms with Crippen LogP contribution in [-0.4, -0.2) is 51.1 Å². The number of fused-ring (bicyclic) bond motifs is 1. The molecule has 0 atom stereocenters. The molecule has 0 unspecified atom stereocenters. The summed E-state index contributed by atoms with van der Waals surface area (Å²) in [5, 5.41) is 13.8. The van der Waals surface area contributed by atoms with Gasteiger partial charge in [0.15, 0.2) is 11.4 Å². The lowest BCUT2D eigenvalue weighted by molar-refractivity contribution is 0.194. The monoisotopic (exact) mass is 487 g/mol. The summed E-state index contributed by atoms with van der Waals surface area (Å²) in [4.78, 5) is 22.7. The number of urea groups is 1. The first-order chi connectivity index (χ1) is 16.7. The van der Waals surface area contributed by atoms with E-state index < -0.39 is 6.09 Å². The van der Waals surface area contributed by atoms with Crippen LogP contribution in [0.1, 0.15) is 39.0 Å². The molecule has 190 valence electrons. The maximum atomic E-state index is 12.3. The molecule has 1 heterocycles. The normalized spacial score (nSPS) is 13.6. The first-order valence-corrected chi connectivity index (χ1v) is 11.9. The second-order valence-corrected chi connectivity index (χ2v) is 8.88. The summed E-state index contributed by atoms with van der Waals surface area (Å²) >= 11 is 0. The van der Waals surface area contributed by atoms with Crippen LogP contribution in [0.5, 0.6) is 23.0 Å². The van der Waals surface area contributed by atoms with Crippen LogP contribution in [0.4, 0.5) is 26.7 Å². The van der Waals surface area contributed by atoms with Gasteiger partial charge in [-0.25, -0.2) is 14.1 Å². The van der Waals surface area contributed by atoms with Gasteiger partial charge in [0.2, 0.25) is 0 Å². The number of nitrogens with zero attached hydrogens (tertiary/aromatic N) is 1. The quantitative estimate of drug-likeness (QED) is 0.174. The first kappa shape index (κ1) is 26.0. The fourth-order valence-corrected chi connectivity index (χ4v) is 3.69. The Morgan fingerprint density at radius 1 is 1.00 bits per heavy atom. The number of carbonyl (C=O) groups excluding carboxylic acids is 1. The zero-order valence-electron chi connectivity index (χ0n) is 20.6. The van der Waals surface area contributed by atoms with Gasteiger partial charge in [0, 0.05) is 30.8 Å². The molecule has 0 radical (unpaired) electrons. The van der Waals surface area contributed by atoms with E-state index in [0.717, 1.165) is 37.8 Å². The summed E-state index contributed by atoms with van der Waals surface area (Å²) in [7, 11) is 3.60. The van der Waals surface area contributed by atoms with Gasteiger partial charge in [-0.3, -0.25) is 5.32 Å². The van der Waals surface area contributed by atoms with Gasteiger partial charge in [-0.2, -0.15) is 0 Å². The number of benzene rings is 2. The number of carbonyl (C=O) groups is 2. The topological polar surface area (TPSA) is 132 Å². The molecule has 10 heteroatoms. The second kappa shape index (κ2) is 11.7. The van der Waals surface area contributed by atoms with Crippen molar-refractivity contribution in [2.75, 3.05) is 44.9 Å². The Kier molecular flexibility index (Phi) is 8.64. The molecule has 0 aliphatic carbocycles. The molecule has 2 aromatic carbocycles. The maximum absolute atomic E-state index is 12.3. The third-order valence-corrected chi connectivity index (χ3v) is 5.65. The molecule has 0 bridgehead atoms. The zero-order chi connectivity index (χ0) is 25.4. The highest BCUT2D eigenvalue weighted by atomic mass is 16.5. The number of nitrogens with one attached hydrogen (secondary N) is 2. The van der Waals surface area contributed by atoms with Crippen molar-refractivity contribution >= 4 is 29.2 Å². The van der Waals surface area contributed by atoms with Crippen LogP contribution in [-0.2, 0) is 0 Å². The number of quaternary nitrogens is 1. The number of ether oxygens (including phenoxy) is 3. The largest absolute Gasteiger partial charge is 0.493 e. The number of hydrogen-bond donors (Lipinski definition) is 4. The van der Waals surface area contributed by atoms with Crippen LogP contribution in [0.3, 0.4) is 0 Å². The van der Waals surface area contributed by atoms with E-state index in [1.54, 1.807) is 38.4 Å². The van der Waals surface area contributed by atoms with Crippen LogP contribution in [0, 0.1) is 0 Å². The SMILES string of the molecule is CCCOc1cc(OCCCCCCNC(=O)O)cc(Oc2cc3c(cc2N)NC(=O)[N+]3(C)C)c1. The van der Waals surface area contributed by atoms with E-state index in [9.17, 15) is 9.59 Å². The average Bonchev–Trinajstić information content (AvgIpc) is 3.01. The van der Waals surface area contributed by atoms with Crippen LogP contribution in [0.2, 0.25) is 0 Å². The molecular weight excluding hydrogens is 452 g/mol. The van der Waals surface area contributed by atoms with Gasteiger partial charge in [0.25, 0.3) is 0 Å². The van der Waals surface area contributed by atoms with Crippen molar-refractivity contribution in [1.29, 1.82) is 0 Å². The molecule has 1 aliphatic rings. The van der Waals surface area contributed by atoms with Gasteiger partial charge in [-0.15, -0.1) is 0 Å². The summed E-state index contributed by atoms with van der Waals surface area (Å²) in [5.74, 6) is 2.21. The molecule has 5 N–H and O–H groups in total. The van der Waals surface area contributed by atoms with Gasteiger partial charge >= 0.3 is 12.1 Å². The second-order valence-electron chi connectivity index (χ2n) is 8.88. The van der Waals surface area contributed by atoms with Crippen molar-refractivity contribution < 1.29 is 28.9 Å². The number of rotatable bonds is 13. The van der Waals surface area contributed by atoms with Crippen LogP contribution in [0.15, 0.2) is 30.3 Å². The number of unbranched alkanes of at least 4 members (excludes halogenated alkanes) is 3. The minimum absolute atomic E-state index is 0.0480. The Hall–Kier alpha value is -3.66. The highest BCUT2D eigenvalue weighted by molar-refractivity contribution is 6.08. The summed E-state index contributed by atoms with van der Waals surface area (Å²) in [6.07, 6.45) is 3.36. The molecular formula is C25H35N4O6+. The standard InChI is InChI=1S/C25H34N4O6/c1-4-10-33-17-12-18(34-11-8-6-5-7-9-27-25(31)32)14-19(13-17)35-23-16-22-21(15-20(23)26)28-24(30)29(22,2)3/h12-16,27H,4-11,26H2,1-3H3,(H-,28,30,31,32)/p+1. The zero-order valence-corrected chi connectivity index (χ0v) is 20.6. The molecule has 35 heavy (non-hydrogen) atoms. The average molecular weight is 488 g/mol. The number of nitrogens with two attached hydrogens (primary N) is 1. The molecule has 0 saturated carbocycles. The van der Waals surface area contributed by atoms with Crippen molar-refractivity contribution in [2.24, 2.45) is 0 Å². The maximum Gasteiger partial charge on any atom is 0.425 e. The third kappa shape index (κ3) is 6.92. The van der Waals surface area contributed by atoms with Crippen molar-refractivity contribution in [3.05, 3.63) is 30.3 Å². The summed E-state index contributed by atoms with van der Waals surface area (Å²) in [6, 6.07) is 8.74. The Morgan fingerprint density at radius 3 is 2.34 bits per heavy atom. The first-order valence-electron chi connectivity index (χ1n) is 11.9. The number of nitrogen functional groups attached to an aromatic ring is 1. The van der Waals surface area contributed by atoms with Crippen LogP contribution in [0.25, 0.3) is 0 Å². The molecule has 10 nitrogen and oxygen atoms in total. The van der Waals surface area contributed by atoms with Crippen LogP contribution < -0.4 is 35.1 Å². The predicted octanol–water partition coefficient (Wildman–Crippen LogP) is 5.17. The van der Waals surface area contributed by atoms with Gasteiger partial charge in [0.05, 0.1) is 33.0 Å². The Labute approximate surface area is 205 Å². The molecule has 2 aromatic rings. The molecule has 3 amide bonds. The Balaban J connectivity index is 1.66. The fraction of sp³-hybridized carbons (Fsp3) is 0.440. The number of hydrogen-bond acceptors (Lipinski definition) is 6. The van der Waals surface area contributed by atoms with Gasteiger partial charge in [-0.05, 0) is 25.3 Å². The van der Waals surface area contributed by atoms with E-state index in [2.05, 4.69) is 10.6 Å². The van der Waals surface area contributed by atoms with Crippen molar-refractivity contribution in [3.8, 4) is 23.0 Å². The van der Waals surface area contributed by atoms with Gasteiger partial charge < -0.3 is 30.4 Å². The Bertz CT molecular complexity index is 1060. The number of carboxylic acid groups (broad SMARTS) is 1. The van der Waals surface area contributed by atoms with E-state index in [1.807, 2.05) is 13.0 Å². The van der Waals surface area contributed by atoms with E-state index in [0.29, 0.717) is 54.1 Å². The molecule has 0 fully saturated rings. The van der Waals surface area contributed by atoms with E-state index >= 15 is 0 Å². The van der Waals surface area contributed by atoms with Crippen molar-refractivity contribution in [3.63, 3.8) is 0 Å². The van der Waals surface area contributed by atoms with Gasteiger partial charge in [-0.1, -0.05) is 19.8 Å². The lowest BCUT2D eigenvalue weighted by Crippen LogP contribution is -2.44. The smallest absolute Gasteiger partial charge is 0.425 e. The van der Waals surface area contributed by atoms with Crippen molar-refractivity contribution in [1.82, 2.24) is 9.80 Å². The Morgan fingerprint density at radius 2 is 1.66 bits per heavy atom. The molecule has 0 saturated heterocycles. The fourth-order valence-electron chi connectivity index (χ4n) is 3.69. The number of anilines is 2. The minimum atomic E-state index is -0.994. The van der Waals surface area contributed by atoms with Crippen molar-refractivity contribution in [2.45, 2.75) is 39.0 Å². The molecule has 1 aliphatic heterocycles. The summed E-state index contributed by atoms with van der Waals surface area (Å²) in [5.41, 5.74) is 8.07. The number of amides is 3. The minimum Gasteiger partial charge on any atom is -0.493 e. The predicted molar refractivity (Wildman–Crippen MR) is 136 cm³/mol. The highest BCUT2D eigenvalue weighted by Crippen LogP contribution is 2.43. The third-order valence-electron chi connectivity index (χ3n) is 5.65. The molecule has 0 spiro atoms. The van der Waals surface area contributed by atoms with E-state index in [1.165, 1.54) is 0 Å². The summed E-state index contributed by atoms with van der Waals surface area (Å²) in [6.45, 7) is 3.57. The highest BCUT2D eigenvalue weighted by Gasteiger charge is 2.40. The van der Waals surface area contributed by atoms with E-state index in [-0.39, 0.29) is 10.5 Å².